The lowest BCUT2D eigenvalue weighted by atomic mass is 10.1. The highest BCUT2D eigenvalue weighted by molar-refractivity contribution is 5.66. The summed E-state index contributed by atoms with van der Waals surface area (Å²) >= 11 is 0. The van der Waals surface area contributed by atoms with Crippen LogP contribution in [-0.4, -0.2) is 11.1 Å². The second-order valence-corrected chi connectivity index (χ2v) is 6.76. The van der Waals surface area contributed by atoms with Crippen LogP contribution in [-0.2, 0) is 4.79 Å². The third-order valence-electron chi connectivity index (χ3n) is 4.11. The smallest absolute Gasteiger partial charge is 0.303 e. The Hall–Kier alpha value is -2.09. The molecule has 28 heavy (non-hydrogen) atoms. The van der Waals surface area contributed by atoms with Gasteiger partial charge >= 0.3 is 5.97 Å². The van der Waals surface area contributed by atoms with E-state index in [1.54, 1.807) is 0 Å². The molecule has 156 valence electrons. The zero-order chi connectivity index (χ0) is 20.5. The number of aliphatic carboxylic acids is 1. The molecular formula is C26H40O2. The molecule has 0 aromatic heterocycles. The van der Waals surface area contributed by atoms with E-state index < -0.39 is 5.97 Å². The quantitative estimate of drug-likeness (QED) is 0.191. The molecule has 2 nitrogen and oxygen atoms in total. The third-order valence-corrected chi connectivity index (χ3v) is 4.11. The summed E-state index contributed by atoms with van der Waals surface area (Å²) in [6, 6.07) is 0. The summed E-state index contributed by atoms with van der Waals surface area (Å²) in [6.07, 6.45) is 38.3. The lowest BCUT2D eigenvalue weighted by Crippen LogP contribution is -1.93. The fraction of sp³-hybridized carbons (Fsp3) is 0.500. The highest BCUT2D eigenvalue weighted by Crippen LogP contribution is 2.06. The second kappa shape index (κ2) is 23.0. The number of rotatable bonds is 18. The molecule has 0 aliphatic rings. The summed E-state index contributed by atoms with van der Waals surface area (Å²) in [5.74, 6) is -0.683. The van der Waals surface area contributed by atoms with Gasteiger partial charge in [0.25, 0.3) is 0 Å². The van der Waals surface area contributed by atoms with Crippen LogP contribution in [0.25, 0.3) is 0 Å². The number of carbonyl (C=O) groups is 1. The first-order chi connectivity index (χ1) is 13.8. The van der Waals surface area contributed by atoms with E-state index in [0.717, 1.165) is 70.6 Å². The molecule has 0 saturated heterocycles. The van der Waals surface area contributed by atoms with Crippen molar-refractivity contribution in [1.82, 2.24) is 0 Å². The van der Waals surface area contributed by atoms with Crippen molar-refractivity contribution in [2.75, 3.05) is 0 Å². The van der Waals surface area contributed by atoms with Gasteiger partial charge in [-0.2, -0.15) is 0 Å². The Morgan fingerprint density at radius 1 is 0.571 bits per heavy atom. The van der Waals surface area contributed by atoms with Gasteiger partial charge in [-0.25, -0.2) is 0 Å². The van der Waals surface area contributed by atoms with Crippen LogP contribution in [0, 0.1) is 0 Å². The summed E-state index contributed by atoms with van der Waals surface area (Å²) in [7, 11) is 0. The number of allylic oxidation sites excluding steroid dienone is 12. The van der Waals surface area contributed by atoms with Crippen LogP contribution < -0.4 is 0 Å². The van der Waals surface area contributed by atoms with E-state index in [9.17, 15) is 4.79 Å². The first kappa shape index (κ1) is 25.9. The minimum Gasteiger partial charge on any atom is -0.481 e. The maximum absolute atomic E-state index is 10.4. The van der Waals surface area contributed by atoms with Crippen LogP contribution >= 0.6 is 0 Å². The SMILES string of the molecule is CCC=CCC=CCC=CCC=CCC=CCC=CCCCCCCC(=O)O. The molecule has 0 fully saturated rings. The molecule has 0 radical (unpaired) electrons. The van der Waals surface area contributed by atoms with Crippen molar-refractivity contribution in [3.05, 3.63) is 72.9 Å². The van der Waals surface area contributed by atoms with E-state index in [4.69, 9.17) is 5.11 Å². The highest BCUT2D eigenvalue weighted by Gasteiger charge is 1.95. The fourth-order valence-corrected chi connectivity index (χ4v) is 2.53. The molecule has 1 N–H and O–H groups in total. The van der Waals surface area contributed by atoms with Gasteiger partial charge in [-0.15, -0.1) is 0 Å². The normalized spacial score (nSPS) is 12.9. The summed E-state index contributed by atoms with van der Waals surface area (Å²) in [5.41, 5.74) is 0. The molecule has 0 heterocycles. The van der Waals surface area contributed by atoms with Crippen LogP contribution in [0.15, 0.2) is 72.9 Å². The van der Waals surface area contributed by atoms with Gasteiger partial charge in [0, 0.05) is 6.42 Å². The summed E-state index contributed by atoms with van der Waals surface area (Å²) in [5, 5.41) is 8.56. The summed E-state index contributed by atoms with van der Waals surface area (Å²) < 4.78 is 0. The lowest BCUT2D eigenvalue weighted by molar-refractivity contribution is -0.137. The number of carboxylic acid groups (broad SMARTS) is 1. The Morgan fingerprint density at radius 2 is 0.964 bits per heavy atom. The molecule has 0 spiro atoms. The van der Waals surface area contributed by atoms with Crippen LogP contribution in [0.4, 0.5) is 0 Å². The Bertz CT molecular complexity index is 519. The molecule has 0 aliphatic heterocycles. The van der Waals surface area contributed by atoms with Gasteiger partial charge in [0.2, 0.25) is 0 Å². The molecule has 0 aromatic rings. The zero-order valence-electron chi connectivity index (χ0n) is 17.8. The Morgan fingerprint density at radius 3 is 1.39 bits per heavy atom. The first-order valence-electron chi connectivity index (χ1n) is 10.9. The number of carboxylic acids is 1. The molecule has 0 amide bonds. The second-order valence-electron chi connectivity index (χ2n) is 6.76. The van der Waals surface area contributed by atoms with Crippen molar-refractivity contribution in [3.63, 3.8) is 0 Å². The number of hydrogen-bond donors (Lipinski definition) is 1. The van der Waals surface area contributed by atoms with Crippen molar-refractivity contribution >= 4 is 5.97 Å². The van der Waals surface area contributed by atoms with E-state index in [1.807, 2.05) is 0 Å². The van der Waals surface area contributed by atoms with E-state index >= 15 is 0 Å². The average molecular weight is 385 g/mol. The molecule has 0 aromatic carbocycles. The van der Waals surface area contributed by atoms with Crippen molar-refractivity contribution in [2.24, 2.45) is 0 Å². The maximum atomic E-state index is 10.4. The summed E-state index contributed by atoms with van der Waals surface area (Å²) in [4.78, 5) is 10.4. The molecule has 0 rings (SSSR count). The van der Waals surface area contributed by atoms with E-state index in [2.05, 4.69) is 79.8 Å². The topological polar surface area (TPSA) is 37.3 Å². The van der Waals surface area contributed by atoms with Crippen molar-refractivity contribution < 1.29 is 9.90 Å². The van der Waals surface area contributed by atoms with Gasteiger partial charge in [0.15, 0.2) is 0 Å². The van der Waals surface area contributed by atoms with Crippen LogP contribution in [0.5, 0.6) is 0 Å². The molecule has 0 unspecified atom stereocenters. The van der Waals surface area contributed by atoms with Crippen LogP contribution in [0.1, 0.15) is 84.0 Å². The third kappa shape index (κ3) is 23.9. The van der Waals surface area contributed by atoms with Gasteiger partial charge in [-0.3, -0.25) is 4.79 Å². The van der Waals surface area contributed by atoms with Gasteiger partial charge < -0.3 is 5.11 Å². The van der Waals surface area contributed by atoms with E-state index in [-0.39, 0.29) is 0 Å². The highest BCUT2D eigenvalue weighted by atomic mass is 16.4. The molecular weight excluding hydrogens is 344 g/mol. The monoisotopic (exact) mass is 384 g/mol. The van der Waals surface area contributed by atoms with Gasteiger partial charge in [-0.05, 0) is 57.8 Å². The lowest BCUT2D eigenvalue weighted by Gasteiger charge is -1.96. The predicted molar refractivity (Wildman–Crippen MR) is 124 cm³/mol. The first-order valence-corrected chi connectivity index (χ1v) is 10.9. The summed E-state index contributed by atoms with van der Waals surface area (Å²) in [6.45, 7) is 2.16. The molecule has 2 heteroatoms. The number of hydrogen-bond acceptors (Lipinski definition) is 1. The Balaban J connectivity index is 3.45. The van der Waals surface area contributed by atoms with Gasteiger partial charge in [0.1, 0.15) is 0 Å². The largest absolute Gasteiger partial charge is 0.481 e. The minimum absolute atomic E-state index is 0.305. The molecule has 0 bridgehead atoms. The standard InChI is InChI=1S/C26H40O2/c1-2-3-4-5-6-7-8-9-10-11-12-13-14-15-16-17-18-19-20-21-22-23-24-25-26(27)28/h3-4,6-7,9-10,12-13,15-16,18-19H,2,5,8,11,14,17,20-25H2,1H3,(H,27,28). The van der Waals surface area contributed by atoms with Crippen molar-refractivity contribution in [3.8, 4) is 0 Å². The Labute approximate surface area is 173 Å². The Kier molecular flexibility index (Phi) is 21.2. The fourth-order valence-electron chi connectivity index (χ4n) is 2.53. The van der Waals surface area contributed by atoms with Crippen LogP contribution in [0.3, 0.4) is 0 Å². The molecule has 0 saturated carbocycles. The van der Waals surface area contributed by atoms with E-state index in [0.29, 0.717) is 6.42 Å². The van der Waals surface area contributed by atoms with Crippen LogP contribution in [0.2, 0.25) is 0 Å². The van der Waals surface area contributed by atoms with E-state index in [1.165, 1.54) is 0 Å². The minimum atomic E-state index is -0.683. The van der Waals surface area contributed by atoms with Crippen molar-refractivity contribution in [1.29, 1.82) is 0 Å². The van der Waals surface area contributed by atoms with Gasteiger partial charge in [0.05, 0.1) is 0 Å². The number of unbranched alkanes of at least 4 members (excludes halogenated alkanes) is 4. The molecule has 0 aliphatic carbocycles. The maximum Gasteiger partial charge on any atom is 0.303 e. The predicted octanol–water partition coefficient (Wildman–Crippen LogP) is 8.11. The van der Waals surface area contributed by atoms with Crippen molar-refractivity contribution in [2.45, 2.75) is 84.0 Å². The average Bonchev–Trinajstić information content (AvgIpc) is 2.68. The van der Waals surface area contributed by atoms with Gasteiger partial charge in [-0.1, -0.05) is 92.7 Å². The molecule has 0 atom stereocenters. The zero-order valence-corrected chi connectivity index (χ0v) is 17.8.